The second-order valence-electron chi connectivity index (χ2n) is 5.11. The van der Waals surface area contributed by atoms with E-state index >= 15 is 0 Å². The first-order valence-corrected chi connectivity index (χ1v) is 7.36. The molecule has 0 bridgehead atoms. The van der Waals surface area contributed by atoms with Gasteiger partial charge in [0.2, 0.25) is 0 Å². The van der Waals surface area contributed by atoms with E-state index in [1.54, 1.807) is 21.3 Å². The molecule has 0 amide bonds. The van der Waals surface area contributed by atoms with Crippen molar-refractivity contribution >= 4 is 0 Å². The zero-order chi connectivity index (χ0) is 15.9. The summed E-state index contributed by atoms with van der Waals surface area (Å²) in [5.41, 5.74) is 0.962. The van der Waals surface area contributed by atoms with Crippen molar-refractivity contribution in [2.75, 3.05) is 47.5 Å². The summed E-state index contributed by atoms with van der Waals surface area (Å²) >= 11 is 0. The minimum absolute atomic E-state index is 0.0122. The Bertz CT molecular complexity index is 536. The molecule has 0 aromatic heterocycles. The average molecular weight is 305 g/mol. The predicted molar refractivity (Wildman–Crippen MR) is 83.5 cm³/mol. The molecule has 1 saturated heterocycles. The molecule has 0 aliphatic carbocycles. The molecule has 1 N–H and O–H groups in total. The Hall–Kier alpha value is -1.97. The number of rotatable bonds is 6. The van der Waals surface area contributed by atoms with Gasteiger partial charge in [-0.2, -0.15) is 5.26 Å². The van der Waals surface area contributed by atoms with Gasteiger partial charge in [0.25, 0.3) is 0 Å². The molecule has 0 unspecified atom stereocenters. The van der Waals surface area contributed by atoms with Gasteiger partial charge in [-0.25, -0.2) is 0 Å². The highest BCUT2D eigenvalue weighted by atomic mass is 16.5. The SMILES string of the molecule is COc1cc(OC)c([C@@H](CC#N)N2CCNCC2)cc1OC. The second kappa shape index (κ2) is 7.87. The van der Waals surface area contributed by atoms with E-state index in [2.05, 4.69) is 16.3 Å². The van der Waals surface area contributed by atoms with Crippen LogP contribution < -0.4 is 19.5 Å². The van der Waals surface area contributed by atoms with Gasteiger partial charge >= 0.3 is 0 Å². The summed E-state index contributed by atoms with van der Waals surface area (Å²) in [7, 11) is 4.84. The highest BCUT2D eigenvalue weighted by Crippen LogP contribution is 2.40. The fourth-order valence-corrected chi connectivity index (χ4v) is 2.83. The third-order valence-electron chi connectivity index (χ3n) is 3.97. The maximum Gasteiger partial charge on any atom is 0.164 e. The zero-order valence-electron chi connectivity index (χ0n) is 13.4. The number of piperazine rings is 1. The molecule has 2 rings (SSSR count). The van der Waals surface area contributed by atoms with Gasteiger partial charge in [0.05, 0.1) is 39.9 Å². The van der Waals surface area contributed by atoms with Crippen LogP contribution in [0.1, 0.15) is 18.0 Å². The standard InChI is InChI=1S/C16H23N3O3/c1-20-14-11-16(22-3)15(21-2)10-12(14)13(4-5-17)19-8-6-18-7-9-19/h10-11,13,18H,4,6-9H2,1-3H3/t13-/m1/s1. The highest BCUT2D eigenvalue weighted by Gasteiger charge is 2.26. The van der Waals surface area contributed by atoms with Crippen molar-refractivity contribution in [2.24, 2.45) is 0 Å². The summed E-state index contributed by atoms with van der Waals surface area (Å²) in [4.78, 5) is 2.31. The third kappa shape index (κ3) is 3.43. The number of ether oxygens (including phenoxy) is 3. The van der Waals surface area contributed by atoms with Gasteiger partial charge < -0.3 is 19.5 Å². The van der Waals surface area contributed by atoms with Crippen LogP contribution >= 0.6 is 0 Å². The number of hydrogen-bond donors (Lipinski definition) is 1. The van der Waals surface area contributed by atoms with E-state index in [0.717, 1.165) is 37.5 Å². The van der Waals surface area contributed by atoms with Crippen LogP contribution in [-0.2, 0) is 0 Å². The molecule has 22 heavy (non-hydrogen) atoms. The topological polar surface area (TPSA) is 66.8 Å². The van der Waals surface area contributed by atoms with E-state index in [0.29, 0.717) is 17.9 Å². The Morgan fingerprint density at radius 3 is 2.23 bits per heavy atom. The molecule has 0 radical (unpaired) electrons. The Kier molecular flexibility index (Phi) is 5.87. The summed E-state index contributed by atoms with van der Waals surface area (Å²) in [6.45, 7) is 3.67. The smallest absolute Gasteiger partial charge is 0.164 e. The Morgan fingerprint density at radius 1 is 1.09 bits per heavy atom. The lowest BCUT2D eigenvalue weighted by atomic mass is 9.99. The summed E-state index contributed by atoms with van der Waals surface area (Å²) < 4.78 is 16.2. The van der Waals surface area contributed by atoms with Crippen molar-refractivity contribution in [2.45, 2.75) is 12.5 Å². The number of hydrogen-bond acceptors (Lipinski definition) is 6. The molecule has 1 aromatic carbocycles. The fourth-order valence-electron chi connectivity index (χ4n) is 2.83. The van der Waals surface area contributed by atoms with Crippen LogP contribution in [0.4, 0.5) is 0 Å². The van der Waals surface area contributed by atoms with Crippen molar-refractivity contribution in [1.29, 1.82) is 5.26 Å². The summed E-state index contributed by atoms with van der Waals surface area (Å²) in [5, 5.41) is 12.6. The average Bonchev–Trinajstić information content (AvgIpc) is 2.59. The van der Waals surface area contributed by atoms with E-state index < -0.39 is 0 Å². The van der Waals surface area contributed by atoms with Gasteiger partial charge in [-0.05, 0) is 6.07 Å². The number of methoxy groups -OCH3 is 3. The first-order chi connectivity index (χ1) is 10.7. The second-order valence-corrected chi connectivity index (χ2v) is 5.11. The molecule has 1 aromatic rings. The normalized spacial score (nSPS) is 16.6. The van der Waals surface area contributed by atoms with E-state index in [1.807, 2.05) is 12.1 Å². The Labute approximate surface area is 131 Å². The Balaban J connectivity index is 2.42. The van der Waals surface area contributed by atoms with E-state index in [4.69, 9.17) is 14.2 Å². The van der Waals surface area contributed by atoms with Crippen LogP contribution in [0.15, 0.2) is 12.1 Å². The first-order valence-electron chi connectivity index (χ1n) is 7.36. The summed E-state index contributed by atoms with van der Waals surface area (Å²) in [6, 6.07) is 6.02. The highest BCUT2D eigenvalue weighted by molar-refractivity contribution is 5.52. The first kappa shape index (κ1) is 16.4. The van der Waals surface area contributed by atoms with Gasteiger partial charge in [-0.15, -0.1) is 0 Å². The van der Waals surface area contributed by atoms with Crippen molar-refractivity contribution in [3.8, 4) is 23.3 Å². The van der Waals surface area contributed by atoms with Crippen molar-refractivity contribution < 1.29 is 14.2 Å². The molecular formula is C16H23N3O3. The number of benzene rings is 1. The molecule has 120 valence electrons. The van der Waals surface area contributed by atoms with Crippen LogP contribution in [-0.4, -0.2) is 52.4 Å². The quantitative estimate of drug-likeness (QED) is 0.860. The largest absolute Gasteiger partial charge is 0.496 e. The molecule has 1 atom stereocenters. The van der Waals surface area contributed by atoms with Gasteiger partial charge in [0, 0.05) is 37.8 Å². The lowest BCUT2D eigenvalue weighted by Crippen LogP contribution is -2.45. The monoisotopic (exact) mass is 305 g/mol. The summed E-state index contributed by atoms with van der Waals surface area (Å²) in [5.74, 6) is 1.99. The summed E-state index contributed by atoms with van der Waals surface area (Å²) in [6.07, 6.45) is 0.409. The van der Waals surface area contributed by atoms with Crippen molar-refractivity contribution in [3.05, 3.63) is 17.7 Å². The third-order valence-corrected chi connectivity index (χ3v) is 3.97. The van der Waals surface area contributed by atoms with Gasteiger partial charge in [0.15, 0.2) is 11.5 Å². The van der Waals surface area contributed by atoms with Crippen LogP contribution in [0.3, 0.4) is 0 Å². The van der Waals surface area contributed by atoms with Crippen LogP contribution in [0.25, 0.3) is 0 Å². The fraction of sp³-hybridized carbons (Fsp3) is 0.562. The maximum absolute atomic E-state index is 9.23. The molecular weight excluding hydrogens is 282 g/mol. The maximum atomic E-state index is 9.23. The van der Waals surface area contributed by atoms with Crippen molar-refractivity contribution in [3.63, 3.8) is 0 Å². The zero-order valence-corrected chi connectivity index (χ0v) is 13.4. The number of nitrogens with one attached hydrogen (secondary N) is 1. The number of nitriles is 1. The van der Waals surface area contributed by atoms with Crippen LogP contribution in [0.5, 0.6) is 17.2 Å². The molecule has 0 saturated carbocycles. The predicted octanol–water partition coefficient (Wildman–Crippen LogP) is 1.57. The van der Waals surface area contributed by atoms with Crippen LogP contribution in [0.2, 0.25) is 0 Å². The molecule has 6 nitrogen and oxygen atoms in total. The molecule has 6 heteroatoms. The van der Waals surface area contributed by atoms with E-state index in [9.17, 15) is 5.26 Å². The van der Waals surface area contributed by atoms with E-state index in [-0.39, 0.29) is 6.04 Å². The molecule has 1 heterocycles. The molecule has 0 spiro atoms. The molecule has 1 aliphatic heterocycles. The minimum atomic E-state index is -0.0122. The molecule has 1 aliphatic rings. The minimum Gasteiger partial charge on any atom is -0.496 e. The Morgan fingerprint density at radius 2 is 1.68 bits per heavy atom. The van der Waals surface area contributed by atoms with Crippen LogP contribution in [0, 0.1) is 11.3 Å². The van der Waals surface area contributed by atoms with Gasteiger partial charge in [-0.1, -0.05) is 0 Å². The van der Waals surface area contributed by atoms with Crippen molar-refractivity contribution in [1.82, 2.24) is 10.2 Å². The van der Waals surface area contributed by atoms with Gasteiger partial charge in [-0.3, -0.25) is 4.90 Å². The molecule has 1 fully saturated rings. The van der Waals surface area contributed by atoms with E-state index in [1.165, 1.54) is 0 Å². The lowest BCUT2D eigenvalue weighted by molar-refractivity contribution is 0.172. The lowest BCUT2D eigenvalue weighted by Gasteiger charge is -2.34. The number of nitrogens with zero attached hydrogens (tertiary/aromatic N) is 2. The van der Waals surface area contributed by atoms with Gasteiger partial charge in [0.1, 0.15) is 5.75 Å².